The predicted octanol–water partition coefficient (Wildman–Crippen LogP) is 3.00. The highest BCUT2D eigenvalue weighted by molar-refractivity contribution is 6.37. The normalized spacial score (nSPS) is 10.7. The molecule has 0 bridgehead atoms. The van der Waals surface area contributed by atoms with Crippen LogP contribution in [0.3, 0.4) is 0 Å². The van der Waals surface area contributed by atoms with E-state index in [9.17, 15) is 9.18 Å². The number of nitrogen functional groups attached to an aromatic ring is 1. The first-order chi connectivity index (χ1) is 9.36. The number of hydrogen-bond donors (Lipinski definition) is 1. The molecule has 106 valence electrons. The third-order valence-corrected chi connectivity index (χ3v) is 3.24. The molecule has 5 nitrogen and oxygen atoms in total. The van der Waals surface area contributed by atoms with Crippen molar-refractivity contribution in [2.45, 2.75) is 6.92 Å². The summed E-state index contributed by atoms with van der Waals surface area (Å²) in [7, 11) is 1.22. The molecule has 1 aromatic carbocycles. The number of rotatable bonds is 2. The number of benzene rings is 1. The Bertz CT molecular complexity index is 677. The van der Waals surface area contributed by atoms with Gasteiger partial charge in [-0.05, 0) is 19.1 Å². The Balaban J connectivity index is 2.71. The van der Waals surface area contributed by atoms with E-state index < -0.39 is 11.8 Å². The number of esters is 1. The molecule has 0 aliphatic heterocycles. The fourth-order valence-corrected chi connectivity index (χ4v) is 2.46. The monoisotopic (exact) mass is 317 g/mol. The van der Waals surface area contributed by atoms with Crippen molar-refractivity contribution >= 4 is 35.0 Å². The highest BCUT2D eigenvalue weighted by Gasteiger charge is 2.23. The Hall–Kier alpha value is -1.79. The second-order valence-electron chi connectivity index (χ2n) is 3.94. The van der Waals surface area contributed by atoms with E-state index >= 15 is 0 Å². The van der Waals surface area contributed by atoms with E-state index in [0.29, 0.717) is 5.82 Å². The van der Waals surface area contributed by atoms with Gasteiger partial charge in [0.15, 0.2) is 5.69 Å². The molecule has 0 unspecified atom stereocenters. The first kappa shape index (κ1) is 14.6. The first-order valence-electron chi connectivity index (χ1n) is 5.44. The smallest absolute Gasteiger partial charge is 0.360 e. The fraction of sp³-hybridized carbons (Fsp3) is 0.167. The van der Waals surface area contributed by atoms with E-state index in [2.05, 4.69) is 9.72 Å². The van der Waals surface area contributed by atoms with Gasteiger partial charge in [-0.25, -0.2) is 14.2 Å². The number of aromatic nitrogens is 2. The summed E-state index contributed by atoms with van der Waals surface area (Å²) in [4.78, 5) is 15.6. The Morgan fingerprint density at radius 2 is 1.95 bits per heavy atom. The summed E-state index contributed by atoms with van der Waals surface area (Å²) < 4.78 is 19.2. The second kappa shape index (κ2) is 5.30. The maximum atomic E-state index is 13.2. The number of carbonyl (C=O) groups is 1. The van der Waals surface area contributed by atoms with E-state index in [4.69, 9.17) is 28.9 Å². The zero-order valence-electron chi connectivity index (χ0n) is 10.6. The molecule has 1 heterocycles. The Morgan fingerprint density at radius 3 is 2.45 bits per heavy atom. The highest BCUT2D eigenvalue weighted by atomic mass is 35.5. The van der Waals surface area contributed by atoms with Crippen LogP contribution in [0.15, 0.2) is 12.1 Å². The van der Waals surface area contributed by atoms with Crippen LogP contribution < -0.4 is 5.73 Å². The predicted molar refractivity (Wildman–Crippen MR) is 74.0 cm³/mol. The summed E-state index contributed by atoms with van der Waals surface area (Å²) in [6, 6.07) is 2.19. The summed E-state index contributed by atoms with van der Waals surface area (Å²) in [6.07, 6.45) is 0. The molecule has 2 aromatic rings. The Labute approximate surface area is 124 Å². The SMILES string of the molecule is COC(=O)c1nc(C)n(-c2c(Cl)cc(F)cc2Cl)c1N. The lowest BCUT2D eigenvalue weighted by Crippen LogP contribution is -2.08. The number of methoxy groups -OCH3 is 1. The number of imidazole rings is 1. The summed E-state index contributed by atoms with van der Waals surface area (Å²) in [6.45, 7) is 1.61. The number of halogens is 3. The summed E-state index contributed by atoms with van der Waals surface area (Å²) in [5, 5.41) is 0.109. The third kappa shape index (κ3) is 2.32. The largest absolute Gasteiger partial charge is 0.464 e. The van der Waals surface area contributed by atoms with Gasteiger partial charge in [0.05, 0.1) is 22.8 Å². The van der Waals surface area contributed by atoms with Crippen molar-refractivity contribution < 1.29 is 13.9 Å². The van der Waals surface area contributed by atoms with E-state index in [1.54, 1.807) is 6.92 Å². The number of ether oxygens (including phenoxy) is 1. The standard InChI is InChI=1S/C12H10Cl2FN3O2/c1-5-17-9(12(19)20-2)11(16)18(5)10-7(13)3-6(15)4-8(10)14/h3-4H,16H2,1-2H3. The van der Waals surface area contributed by atoms with Crippen LogP contribution in [0.25, 0.3) is 5.69 Å². The van der Waals surface area contributed by atoms with Crippen LogP contribution in [0.1, 0.15) is 16.3 Å². The van der Waals surface area contributed by atoms with Crippen LogP contribution in [-0.4, -0.2) is 22.6 Å². The van der Waals surface area contributed by atoms with E-state index in [0.717, 1.165) is 12.1 Å². The van der Waals surface area contributed by atoms with Crippen LogP contribution in [0, 0.1) is 12.7 Å². The van der Waals surface area contributed by atoms with Gasteiger partial charge in [-0.2, -0.15) is 0 Å². The van der Waals surface area contributed by atoms with Gasteiger partial charge >= 0.3 is 5.97 Å². The minimum absolute atomic E-state index is 0.0183. The van der Waals surface area contributed by atoms with Crippen molar-refractivity contribution in [2.24, 2.45) is 0 Å². The molecular formula is C12H10Cl2FN3O2. The molecule has 0 radical (unpaired) electrons. The van der Waals surface area contributed by atoms with Gasteiger partial charge in [0.2, 0.25) is 0 Å². The van der Waals surface area contributed by atoms with Gasteiger partial charge in [0, 0.05) is 0 Å². The Kier molecular flexibility index (Phi) is 3.87. The molecule has 0 atom stereocenters. The van der Waals surface area contributed by atoms with Crippen LogP contribution in [0.4, 0.5) is 10.2 Å². The van der Waals surface area contributed by atoms with Crippen molar-refractivity contribution in [3.63, 3.8) is 0 Å². The number of nitrogens with two attached hydrogens (primary N) is 1. The topological polar surface area (TPSA) is 70.1 Å². The molecule has 0 aliphatic rings. The number of nitrogens with zero attached hydrogens (tertiary/aromatic N) is 2. The summed E-state index contributed by atoms with van der Waals surface area (Å²) in [5.41, 5.74) is 6.08. The molecule has 0 spiro atoms. The van der Waals surface area contributed by atoms with Gasteiger partial charge in [-0.3, -0.25) is 4.57 Å². The van der Waals surface area contributed by atoms with E-state index in [1.165, 1.54) is 11.7 Å². The van der Waals surface area contributed by atoms with Gasteiger partial charge in [0.25, 0.3) is 0 Å². The molecule has 20 heavy (non-hydrogen) atoms. The fourth-order valence-electron chi connectivity index (χ4n) is 1.83. The first-order valence-corrected chi connectivity index (χ1v) is 6.20. The average Bonchev–Trinajstić information content (AvgIpc) is 2.65. The Morgan fingerprint density at radius 1 is 1.40 bits per heavy atom. The minimum atomic E-state index is -0.682. The third-order valence-electron chi connectivity index (χ3n) is 2.66. The maximum absolute atomic E-state index is 13.2. The van der Waals surface area contributed by atoms with Crippen LogP contribution >= 0.6 is 23.2 Å². The summed E-state index contributed by atoms with van der Waals surface area (Å²) >= 11 is 12.0. The molecular weight excluding hydrogens is 308 g/mol. The van der Waals surface area contributed by atoms with Crippen LogP contribution in [-0.2, 0) is 4.74 Å². The molecule has 0 fully saturated rings. The molecule has 1 aromatic heterocycles. The van der Waals surface area contributed by atoms with Gasteiger partial charge in [-0.1, -0.05) is 23.2 Å². The lowest BCUT2D eigenvalue weighted by molar-refractivity contribution is 0.0596. The van der Waals surface area contributed by atoms with Crippen LogP contribution in [0.5, 0.6) is 0 Å². The highest BCUT2D eigenvalue weighted by Crippen LogP contribution is 2.33. The zero-order valence-corrected chi connectivity index (χ0v) is 12.1. The molecule has 8 heteroatoms. The van der Waals surface area contributed by atoms with E-state index in [-0.39, 0.29) is 27.2 Å². The van der Waals surface area contributed by atoms with Crippen molar-refractivity contribution in [1.82, 2.24) is 9.55 Å². The zero-order chi connectivity index (χ0) is 15.0. The lowest BCUT2D eigenvalue weighted by atomic mass is 10.3. The van der Waals surface area contributed by atoms with Gasteiger partial charge < -0.3 is 10.5 Å². The number of hydrogen-bond acceptors (Lipinski definition) is 4. The number of carbonyl (C=O) groups excluding carboxylic acids is 1. The van der Waals surface area contributed by atoms with Crippen molar-refractivity contribution in [3.05, 3.63) is 39.5 Å². The molecule has 2 rings (SSSR count). The summed E-state index contributed by atoms with van der Waals surface area (Å²) in [5.74, 6) is -0.866. The van der Waals surface area contributed by atoms with Gasteiger partial charge in [-0.15, -0.1) is 0 Å². The van der Waals surface area contributed by atoms with E-state index in [1.807, 2.05) is 0 Å². The molecule has 0 saturated heterocycles. The lowest BCUT2D eigenvalue weighted by Gasteiger charge is -2.12. The minimum Gasteiger partial charge on any atom is -0.464 e. The number of aryl methyl sites for hydroxylation is 1. The average molecular weight is 318 g/mol. The molecule has 2 N–H and O–H groups in total. The maximum Gasteiger partial charge on any atom is 0.360 e. The quantitative estimate of drug-likeness (QED) is 0.864. The molecule has 0 saturated carbocycles. The molecule has 0 amide bonds. The van der Waals surface area contributed by atoms with Crippen molar-refractivity contribution in [3.8, 4) is 5.69 Å². The number of anilines is 1. The van der Waals surface area contributed by atoms with Crippen molar-refractivity contribution in [2.75, 3.05) is 12.8 Å². The second-order valence-corrected chi connectivity index (χ2v) is 4.75. The van der Waals surface area contributed by atoms with Crippen molar-refractivity contribution in [1.29, 1.82) is 0 Å². The van der Waals surface area contributed by atoms with Gasteiger partial charge in [0.1, 0.15) is 17.5 Å². The van der Waals surface area contributed by atoms with Crippen LogP contribution in [0.2, 0.25) is 10.0 Å². The molecule has 0 aliphatic carbocycles.